The number of carbonyl (C=O) groups is 1. The molecule has 5 atom stereocenters. The molecule has 5 heteroatoms. The second-order valence-corrected chi connectivity index (χ2v) is 38.0. The van der Waals surface area contributed by atoms with Crippen molar-refractivity contribution < 1.29 is 19.7 Å². The van der Waals surface area contributed by atoms with E-state index in [4.69, 9.17) is 0 Å². The van der Waals surface area contributed by atoms with Gasteiger partial charge in [0.2, 0.25) is 0 Å². The normalized spacial score (nSPS) is 91.4. The minimum atomic E-state index is -4.21. The first-order valence-corrected chi connectivity index (χ1v) is 17.0. The van der Waals surface area contributed by atoms with Gasteiger partial charge in [0, 0.05) is 0 Å². The molecule has 1 aromatic rings. The van der Waals surface area contributed by atoms with E-state index in [1.54, 1.807) is 12.1 Å². The van der Waals surface area contributed by atoms with Gasteiger partial charge in [0.15, 0.2) is 0 Å². The number of rotatable bonds is 4. The fourth-order valence-electron chi connectivity index (χ4n) is 18.9. The van der Waals surface area contributed by atoms with Crippen molar-refractivity contribution in [1.29, 1.82) is 0 Å². The molecule has 10 saturated heterocycles. The molecule has 1 aromatic carbocycles. The topological polar surface area (TPSA) is 51.2 Å². The molecular formula is C19H18FeO3S. The van der Waals surface area contributed by atoms with E-state index in [0.29, 0.717) is 26.7 Å². The van der Waals surface area contributed by atoms with Gasteiger partial charge >= 0.3 is 130 Å². The average molecular weight is 382 g/mol. The molecule has 10 aliphatic rings. The predicted octanol–water partition coefficient (Wildman–Crippen LogP) is 4.11. The molecule has 3 nitrogen and oxygen atoms in total. The molecule has 0 saturated carbocycles. The van der Waals surface area contributed by atoms with Gasteiger partial charge < -0.3 is 0 Å². The number of benzene rings is 1. The summed E-state index contributed by atoms with van der Waals surface area (Å²) >= 11 is 0. The van der Waals surface area contributed by atoms with E-state index in [2.05, 4.69) is 0 Å². The van der Waals surface area contributed by atoms with E-state index in [0.717, 1.165) is 28.9 Å². The van der Waals surface area contributed by atoms with Gasteiger partial charge in [-0.15, -0.1) is 0 Å². The number of sulfone groups is 1. The molecule has 0 aliphatic carbocycles. The van der Waals surface area contributed by atoms with Crippen LogP contribution in [-0.4, -0.2) is 17.8 Å². The Hall–Kier alpha value is -0.641. The van der Waals surface area contributed by atoms with Crippen LogP contribution in [0.5, 0.6) is 0 Å². The summed E-state index contributed by atoms with van der Waals surface area (Å²) in [5.74, 6) is 0.406. The van der Waals surface area contributed by atoms with E-state index < -0.39 is 20.0 Å². The Kier molecular flexibility index (Phi) is 0.461. The molecule has 24 heavy (non-hydrogen) atoms. The van der Waals surface area contributed by atoms with Crippen molar-refractivity contribution in [2.75, 3.05) is 0 Å². The molecule has 1 spiro atoms. The van der Waals surface area contributed by atoms with Crippen LogP contribution in [-0.2, 0) is 21.1 Å². The maximum absolute atomic E-state index is 14.1. The Morgan fingerprint density at radius 3 is 2.04 bits per heavy atom. The SMILES string of the molecule is CCC(=O)[C]12[CH]3[CH]4[CH]5[C]1(S(=O)(=O)c1ccccc1)[Fe]43521678[CH]2[CH]1[CH]6[CH]7[CH]28. The van der Waals surface area contributed by atoms with Gasteiger partial charge in [0.05, 0.1) is 0 Å². The molecule has 126 valence electrons. The Labute approximate surface area is 130 Å². The fraction of sp³-hybridized carbons (Fsp3) is 0.632. The van der Waals surface area contributed by atoms with Crippen molar-refractivity contribution in [3.05, 3.63) is 30.3 Å². The monoisotopic (exact) mass is 382 g/mol. The quantitative estimate of drug-likeness (QED) is 0.737. The van der Waals surface area contributed by atoms with Crippen LogP contribution in [0.15, 0.2) is 35.2 Å². The zero-order valence-corrected chi connectivity index (χ0v) is 15.1. The first kappa shape index (κ1) is 10.5. The van der Waals surface area contributed by atoms with Gasteiger partial charge in [-0.3, -0.25) is 0 Å². The first-order valence-electron chi connectivity index (χ1n) is 9.31. The molecule has 0 amide bonds. The molecular weight excluding hydrogens is 364 g/mol. The molecule has 10 aliphatic heterocycles. The van der Waals surface area contributed by atoms with Crippen LogP contribution in [0.2, 0.25) is 42.8 Å². The van der Waals surface area contributed by atoms with Gasteiger partial charge in [-0.2, -0.15) is 0 Å². The van der Waals surface area contributed by atoms with Crippen LogP contribution < -0.4 is 0 Å². The molecule has 0 radical (unpaired) electrons. The number of hydrogen-bond acceptors (Lipinski definition) is 3. The summed E-state index contributed by atoms with van der Waals surface area (Å²) in [5.41, 5.74) is 0. The first-order chi connectivity index (χ1) is 11.3. The fourth-order valence-corrected chi connectivity index (χ4v) is 108. The number of hydrogen-bond donors (Lipinski definition) is 0. The van der Waals surface area contributed by atoms with Crippen LogP contribution in [0.4, 0.5) is 0 Å². The third-order valence-electron chi connectivity index (χ3n) is 16.9. The van der Waals surface area contributed by atoms with E-state index in [1.807, 2.05) is 25.1 Å². The Morgan fingerprint density at radius 1 is 1.00 bits per heavy atom. The van der Waals surface area contributed by atoms with Crippen molar-refractivity contribution in [3.8, 4) is 0 Å². The van der Waals surface area contributed by atoms with Crippen molar-refractivity contribution in [2.24, 2.45) is 0 Å². The van der Waals surface area contributed by atoms with Crippen molar-refractivity contribution in [3.63, 3.8) is 0 Å². The molecule has 0 N–H and O–H groups in total. The van der Waals surface area contributed by atoms with Crippen LogP contribution in [0.25, 0.3) is 0 Å². The number of fused-ring (bicyclic) bond motifs is 10. The summed E-state index contributed by atoms with van der Waals surface area (Å²) < 4.78 is 27.5. The Balaban J connectivity index is 1.44. The van der Waals surface area contributed by atoms with Crippen LogP contribution >= 0.6 is 0 Å². The van der Waals surface area contributed by atoms with Gasteiger partial charge in [-0.25, -0.2) is 0 Å². The second kappa shape index (κ2) is 1.05. The van der Waals surface area contributed by atoms with Crippen LogP contribution in [0.1, 0.15) is 13.3 Å². The zero-order valence-electron chi connectivity index (χ0n) is 13.2. The predicted molar refractivity (Wildman–Crippen MR) is 84.3 cm³/mol. The molecule has 0 aromatic heterocycles. The summed E-state index contributed by atoms with van der Waals surface area (Å²) in [4.78, 5) is 20.1. The standard InChI is InChI=1S/C14H13O3S.C5H5.Fe/c1-2-13(15)12-9-6-10-14(12)18(16,17)11-7-4-3-5-8-11;1-2-4-5-3-1;/h3-10H,2H2,1H3;1-5H;. The van der Waals surface area contributed by atoms with Crippen molar-refractivity contribution >= 4 is 15.6 Å². The molecule has 5 unspecified atom stereocenters. The van der Waals surface area contributed by atoms with E-state index in [1.165, 1.54) is 0 Å². The molecule has 11 rings (SSSR count). The molecule has 10 heterocycles. The number of ketones is 1. The van der Waals surface area contributed by atoms with Crippen molar-refractivity contribution in [1.82, 2.24) is 0 Å². The van der Waals surface area contributed by atoms with E-state index in [9.17, 15) is 13.2 Å². The third kappa shape index (κ3) is 0.134. The second-order valence-electron chi connectivity index (χ2n) is 12.3. The average Bonchev–Trinajstić information content (AvgIpc) is 3.54. The van der Waals surface area contributed by atoms with Crippen LogP contribution in [0, 0.1) is 0 Å². The Morgan fingerprint density at radius 2 is 1.58 bits per heavy atom. The minimum absolute atomic E-state index is 0.241. The summed E-state index contributed by atoms with van der Waals surface area (Å²) in [6, 6.07) is 9.19. The molecule has 10 fully saturated rings. The van der Waals surface area contributed by atoms with Crippen molar-refractivity contribution in [2.45, 2.75) is 64.7 Å². The van der Waals surface area contributed by atoms with Crippen LogP contribution in [0.3, 0.4) is 0 Å². The van der Waals surface area contributed by atoms with Gasteiger partial charge in [0.25, 0.3) is 0 Å². The summed E-state index contributed by atoms with van der Waals surface area (Å²) in [5, 5.41) is 0. The third-order valence-corrected chi connectivity index (χ3v) is 65.7. The van der Waals surface area contributed by atoms with E-state index in [-0.39, 0.29) is 4.31 Å². The maximum atomic E-state index is 14.1. The van der Waals surface area contributed by atoms with Gasteiger partial charge in [-0.1, -0.05) is 0 Å². The number of Topliss-reactive ketones (excluding diaryl/α,β-unsaturated/α-hetero) is 1. The van der Waals surface area contributed by atoms with Gasteiger partial charge in [-0.05, 0) is 0 Å². The summed E-state index contributed by atoms with van der Waals surface area (Å²) in [7, 11) is -3.36. The summed E-state index contributed by atoms with van der Waals surface area (Å²) in [6.45, 7) is -2.23. The number of carbonyl (C=O) groups excluding carboxylic acids is 1. The van der Waals surface area contributed by atoms with E-state index >= 15 is 0 Å². The van der Waals surface area contributed by atoms with Gasteiger partial charge in [0.1, 0.15) is 0 Å². The molecule has 0 bridgehead atoms. The summed E-state index contributed by atoms with van der Waals surface area (Å²) in [6.07, 6.45) is 0.569. The Bertz CT molecular complexity index is 1490. The zero-order chi connectivity index (χ0) is 15.8.